The molecule has 0 spiro atoms. The number of nitro groups is 1. The molecule has 1 heterocycles. The maximum Gasteiger partial charge on any atom is 0.273 e. The third-order valence-electron chi connectivity index (χ3n) is 3.44. The molecule has 1 aromatic carbocycles. The van der Waals surface area contributed by atoms with Gasteiger partial charge >= 0.3 is 0 Å². The monoisotopic (exact) mass is 265 g/mol. The molecule has 0 atom stereocenters. The standard InChI is InChI=1S/C13H19N3O3/c1-19-13-7-10(6-12(8-13)16(17)18)9-15-4-2-11(14)3-5-15/h6-8,11H,2-5,9,14H2,1H3. The number of likely N-dealkylation sites (tertiary alicyclic amines) is 1. The third-order valence-corrected chi connectivity index (χ3v) is 3.44. The summed E-state index contributed by atoms with van der Waals surface area (Å²) in [4.78, 5) is 12.8. The lowest BCUT2D eigenvalue weighted by Crippen LogP contribution is -2.39. The van der Waals surface area contributed by atoms with Gasteiger partial charge in [-0.25, -0.2) is 0 Å². The van der Waals surface area contributed by atoms with E-state index in [9.17, 15) is 10.1 Å². The summed E-state index contributed by atoms with van der Waals surface area (Å²) < 4.78 is 5.11. The van der Waals surface area contributed by atoms with Crippen LogP contribution in [0.2, 0.25) is 0 Å². The van der Waals surface area contributed by atoms with Gasteiger partial charge in [-0.05, 0) is 37.6 Å². The average Bonchev–Trinajstić information content (AvgIpc) is 2.41. The molecule has 0 radical (unpaired) electrons. The Kier molecular flexibility index (Phi) is 4.34. The van der Waals surface area contributed by atoms with E-state index in [0.29, 0.717) is 12.3 Å². The first kappa shape index (κ1) is 13.8. The van der Waals surface area contributed by atoms with Crippen LogP contribution in [0.1, 0.15) is 18.4 Å². The molecule has 0 aromatic heterocycles. The van der Waals surface area contributed by atoms with Crippen LogP contribution in [0.25, 0.3) is 0 Å². The summed E-state index contributed by atoms with van der Waals surface area (Å²) >= 11 is 0. The third kappa shape index (κ3) is 3.65. The SMILES string of the molecule is COc1cc(CN2CCC(N)CC2)cc([N+](=O)[O-])c1. The van der Waals surface area contributed by atoms with Gasteiger partial charge in [0.25, 0.3) is 5.69 Å². The highest BCUT2D eigenvalue weighted by atomic mass is 16.6. The first-order chi connectivity index (χ1) is 9.08. The number of non-ortho nitro benzene ring substituents is 1. The number of hydrogen-bond donors (Lipinski definition) is 1. The number of benzene rings is 1. The van der Waals surface area contributed by atoms with Crippen molar-refractivity contribution in [2.75, 3.05) is 20.2 Å². The van der Waals surface area contributed by atoms with Gasteiger partial charge in [-0.2, -0.15) is 0 Å². The van der Waals surface area contributed by atoms with Gasteiger partial charge < -0.3 is 10.5 Å². The number of methoxy groups -OCH3 is 1. The predicted octanol–water partition coefficient (Wildman–Crippen LogP) is 1.53. The Morgan fingerprint density at radius 3 is 2.68 bits per heavy atom. The average molecular weight is 265 g/mol. The maximum absolute atomic E-state index is 10.9. The van der Waals surface area contributed by atoms with Crippen LogP contribution in [0.4, 0.5) is 5.69 Å². The number of nitro benzene ring substituents is 1. The summed E-state index contributed by atoms with van der Waals surface area (Å²) in [6.07, 6.45) is 1.96. The molecule has 0 bridgehead atoms. The van der Waals surface area contributed by atoms with Gasteiger partial charge in [-0.15, -0.1) is 0 Å². The molecule has 1 aliphatic rings. The van der Waals surface area contributed by atoms with Crippen molar-refractivity contribution in [2.45, 2.75) is 25.4 Å². The molecule has 104 valence electrons. The van der Waals surface area contributed by atoms with Crippen LogP contribution in [-0.2, 0) is 6.54 Å². The van der Waals surface area contributed by atoms with Gasteiger partial charge in [0.15, 0.2) is 0 Å². The minimum absolute atomic E-state index is 0.0723. The predicted molar refractivity (Wildman–Crippen MR) is 72.1 cm³/mol. The fourth-order valence-corrected chi connectivity index (χ4v) is 2.33. The van der Waals surface area contributed by atoms with Crippen molar-refractivity contribution in [3.8, 4) is 5.75 Å². The second-order valence-corrected chi connectivity index (χ2v) is 4.91. The fourth-order valence-electron chi connectivity index (χ4n) is 2.33. The highest BCUT2D eigenvalue weighted by Gasteiger charge is 2.17. The Hall–Kier alpha value is -1.66. The van der Waals surface area contributed by atoms with E-state index >= 15 is 0 Å². The first-order valence-corrected chi connectivity index (χ1v) is 6.39. The molecule has 2 N–H and O–H groups in total. The van der Waals surface area contributed by atoms with E-state index in [4.69, 9.17) is 10.5 Å². The van der Waals surface area contributed by atoms with Crippen LogP contribution in [0.15, 0.2) is 18.2 Å². The molecule has 0 amide bonds. The quantitative estimate of drug-likeness (QED) is 0.659. The van der Waals surface area contributed by atoms with Crippen LogP contribution < -0.4 is 10.5 Å². The summed E-state index contributed by atoms with van der Waals surface area (Å²) in [5.41, 5.74) is 6.84. The normalized spacial score (nSPS) is 17.4. The van der Waals surface area contributed by atoms with Crippen LogP contribution in [-0.4, -0.2) is 36.1 Å². The Morgan fingerprint density at radius 2 is 2.11 bits per heavy atom. The first-order valence-electron chi connectivity index (χ1n) is 6.39. The summed E-state index contributed by atoms with van der Waals surface area (Å²) in [6, 6.07) is 5.18. The second kappa shape index (κ2) is 5.99. The van der Waals surface area contributed by atoms with Gasteiger partial charge in [0, 0.05) is 18.7 Å². The molecule has 0 aliphatic carbocycles. The lowest BCUT2D eigenvalue weighted by atomic mass is 10.1. The van der Waals surface area contributed by atoms with Gasteiger partial charge in [0.2, 0.25) is 0 Å². The molecule has 1 aromatic rings. The van der Waals surface area contributed by atoms with E-state index in [0.717, 1.165) is 31.5 Å². The smallest absolute Gasteiger partial charge is 0.273 e. The Morgan fingerprint density at radius 1 is 1.42 bits per heavy atom. The molecule has 0 unspecified atom stereocenters. The molecule has 1 aliphatic heterocycles. The molecule has 1 saturated heterocycles. The van der Waals surface area contributed by atoms with Crippen LogP contribution in [0.5, 0.6) is 5.75 Å². The molecule has 1 fully saturated rings. The summed E-state index contributed by atoms with van der Waals surface area (Å²) in [5.74, 6) is 0.526. The van der Waals surface area contributed by atoms with Crippen molar-refractivity contribution in [3.63, 3.8) is 0 Å². The van der Waals surface area contributed by atoms with Crippen molar-refractivity contribution < 1.29 is 9.66 Å². The highest BCUT2D eigenvalue weighted by Crippen LogP contribution is 2.24. The number of hydrogen-bond acceptors (Lipinski definition) is 5. The number of piperidine rings is 1. The molecule has 0 saturated carbocycles. The molecule has 19 heavy (non-hydrogen) atoms. The van der Waals surface area contributed by atoms with Crippen molar-refractivity contribution in [1.29, 1.82) is 0 Å². The van der Waals surface area contributed by atoms with Gasteiger partial charge in [0.05, 0.1) is 18.1 Å². The summed E-state index contributed by atoms with van der Waals surface area (Å²) in [6.45, 7) is 2.57. The van der Waals surface area contributed by atoms with Crippen molar-refractivity contribution in [1.82, 2.24) is 4.90 Å². The van der Waals surface area contributed by atoms with Gasteiger partial charge in [-0.1, -0.05) is 0 Å². The number of nitrogens with zero attached hydrogens (tertiary/aromatic N) is 2. The van der Waals surface area contributed by atoms with E-state index < -0.39 is 4.92 Å². The van der Waals surface area contributed by atoms with Gasteiger partial charge in [-0.3, -0.25) is 15.0 Å². The second-order valence-electron chi connectivity index (χ2n) is 4.91. The zero-order chi connectivity index (χ0) is 13.8. The fraction of sp³-hybridized carbons (Fsp3) is 0.538. The summed E-state index contributed by atoms with van der Waals surface area (Å²) in [7, 11) is 1.52. The Balaban J connectivity index is 2.10. The van der Waals surface area contributed by atoms with Crippen molar-refractivity contribution in [2.24, 2.45) is 5.73 Å². The Labute approximate surface area is 112 Å². The van der Waals surface area contributed by atoms with E-state index in [1.54, 1.807) is 6.07 Å². The lowest BCUT2D eigenvalue weighted by molar-refractivity contribution is -0.385. The topological polar surface area (TPSA) is 81.6 Å². The number of rotatable bonds is 4. The molecular weight excluding hydrogens is 246 g/mol. The van der Waals surface area contributed by atoms with Crippen molar-refractivity contribution >= 4 is 5.69 Å². The zero-order valence-electron chi connectivity index (χ0n) is 11.0. The molecule has 6 nitrogen and oxygen atoms in total. The number of ether oxygens (including phenoxy) is 1. The molecule has 6 heteroatoms. The minimum Gasteiger partial charge on any atom is -0.496 e. The van der Waals surface area contributed by atoms with Crippen LogP contribution in [0.3, 0.4) is 0 Å². The van der Waals surface area contributed by atoms with Crippen LogP contribution >= 0.6 is 0 Å². The minimum atomic E-state index is -0.391. The zero-order valence-corrected chi connectivity index (χ0v) is 11.0. The van der Waals surface area contributed by atoms with Crippen LogP contribution in [0, 0.1) is 10.1 Å². The maximum atomic E-state index is 10.9. The van der Waals surface area contributed by atoms with E-state index in [1.165, 1.54) is 13.2 Å². The van der Waals surface area contributed by atoms with E-state index in [-0.39, 0.29) is 11.7 Å². The van der Waals surface area contributed by atoms with Gasteiger partial charge in [0.1, 0.15) is 5.75 Å². The lowest BCUT2D eigenvalue weighted by Gasteiger charge is -2.30. The molecule has 2 rings (SSSR count). The Bertz CT molecular complexity index is 456. The molecular formula is C13H19N3O3. The number of nitrogens with two attached hydrogens (primary N) is 1. The van der Waals surface area contributed by atoms with E-state index in [2.05, 4.69) is 4.90 Å². The highest BCUT2D eigenvalue weighted by molar-refractivity contribution is 5.42. The van der Waals surface area contributed by atoms with Crippen molar-refractivity contribution in [3.05, 3.63) is 33.9 Å². The summed E-state index contributed by atoms with van der Waals surface area (Å²) in [5, 5.41) is 10.9. The largest absolute Gasteiger partial charge is 0.496 e. The van der Waals surface area contributed by atoms with E-state index in [1.807, 2.05) is 6.07 Å².